The second-order valence-corrected chi connectivity index (χ2v) is 10.6. The van der Waals surface area contributed by atoms with E-state index in [1.54, 1.807) is 12.4 Å². The summed E-state index contributed by atoms with van der Waals surface area (Å²) in [6.07, 6.45) is 14.0. The highest BCUT2D eigenvalue weighted by Gasteiger charge is 2.25. The zero-order chi connectivity index (χ0) is 25.6. The van der Waals surface area contributed by atoms with Crippen LogP contribution >= 0.6 is 0 Å². The Bertz CT molecular complexity index is 1170. The number of aromatic nitrogens is 4. The Morgan fingerprint density at radius 1 is 0.816 bits per heavy atom. The molecule has 0 spiro atoms. The largest absolute Gasteiger partial charge is 0.488 e. The van der Waals surface area contributed by atoms with E-state index in [1.807, 2.05) is 12.4 Å². The molecule has 2 aromatic heterocycles. The lowest BCUT2D eigenvalue weighted by Crippen LogP contribution is -2.37. The normalized spacial score (nSPS) is 23.0. The standard InChI is InChI=1S/C29H38N6O3/c1-3-25(38-27-19-24(35-11-15-37-16-12-35)18-26-29(27)31-7-6-30-26)4-2-22(1)17-28-32-20-23(21-33-28)5-8-34-9-13-36-14-10-34/h6-7,18-22,25H,1-5,8-17H2. The second kappa shape index (κ2) is 12.3. The maximum atomic E-state index is 6.59. The first-order chi connectivity index (χ1) is 18.8. The molecule has 9 heteroatoms. The summed E-state index contributed by atoms with van der Waals surface area (Å²) in [5.41, 5.74) is 4.07. The van der Waals surface area contributed by atoms with Crippen molar-refractivity contribution >= 4 is 16.7 Å². The molecule has 2 aliphatic heterocycles. The minimum absolute atomic E-state index is 0.194. The predicted molar refractivity (Wildman–Crippen MR) is 146 cm³/mol. The molecule has 0 amide bonds. The fraction of sp³-hybridized carbons (Fsp3) is 0.586. The summed E-state index contributed by atoms with van der Waals surface area (Å²) in [6, 6.07) is 4.26. The quantitative estimate of drug-likeness (QED) is 0.446. The Balaban J connectivity index is 1.02. The van der Waals surface area contributed by atoms with Crippen LogP contribution < -0.4 is 9.64 Å². The van der Waals surface area contributed by atoms with Crippen LogP contribution in [0.25, 0.3) is 11.0 Å². The second-order valence-electron chi connectivity index (χ2n) is 10.6. The number of benzene rings is 1. The minimum Gasteiger partial charge on any atom is -0.488 e. The van der Waals surface area contributed by atoms with E-state index in [2.05, 4.69) is 31.9 Å². The highest BCUT2D eigenvalue weighted by Crippen LogP contribution is 2.34. The fourth-order valence-electron chi connectivity index (χ4n) is 5.74. The molecule has 0 N–H and O–H groups in total. The Morgan fingerprint density at radius 2 is 1.53 bits per heavy atom. The van der Waals surface area contributed by atoms with Gasteiger partial charge in [0.1, 0.15) is 17.1 Å². The van der Waals surface area contributed by atoms with Gasteiger partial charge in [-0.1, -0.05) is 0 Å². The van der Waals surface area contributed by atoms with Crippen molar-refractivity contribution in [1.29, 1.82) is 0 Å². The van der Waals surface area contributed by atoms with Crippen LogP contribution in [0.4, 0.5) is 5.69 Å². The molecular formula is C29H38N6O3. The van der Waals surface area contributed by atoms with E-state index in [4.69, 9.17) is 24.2 Å². The van der Waals surface area contributed by atoms with Gasteiger partial charge in [-0.15, -0.1) is 0 Å². The van der Waals surface area contributed by atoms with E-state index < -0.39 is 0 Å². The number of hydrogen-bond donors (Lipinski definition) is 0. The van der Waals surface area contributed by atoms with E-state index in [1.165, 1.54) is 5.56 Å². The van der Waals surface area contributed by atoms with E-state index in [0.717, 1.165) is 126 Å². The molecule has 0 bridgehead atoms. The van der Waals surface area contributed by atoms with Crippen molar-refractivity contribution in [1.82, 2.24) is 24.8 Å². The van der Waals surface area contributed by atoms with Gasteiger partial charge >= 0.3 is 0 Å². The highest BCUT2D eigenvalue weighted by molar-refractivity contribution is 5.85. The number of fused-ring (bicyclic) bond motifs is 1. The number of rotatable bonds is 8. The highest BCUT2D eigenvalue weighted by atomic mass is 16.5. The van der Waals surface area contributed by atoms with E-state index >= 15 is 0 Å². The fourth-order valence-corrected chi connectivity index (χ4v) is 5.74. The van der Waals surface area contributed by atoms with Crippen LogP contribution in [0.1, 0.15) is 37.1 Å². The van der Waals surface area contributed by atoms with Gasteiger partial charge < -0.3 is 19.1 Å². The Morgan fingerprint density at radius 3 is 2.29 bits per heavy atom. The molecule has 3 aliphatic rings. The third kappa shape index (κ3) is 6.39. The summed E-state index contributed by atoms with van der Waals surface area (Å²) in [5, 5.41) is 0. The zero-order valence-electron chi connectivity index (χ0n) is 22.1. The van der Waals surface area contributed by atoms with Gasteiger partial charge in [0.05, 0.1) is 38.0 Å². The Hall–Kier alpha value is -2.88. The van der Waals surface area contributed by atoms with Crippen molar-refractivity contribution in [3.05, 3.63) is 48.3 Å². The van der Waals surface area contributed by atoms with Crippen molar-refractivity contribution < 1.29 is 14.2 Å². The van der Waals surface area contributed by atoms with E-state index in [-0.39, 0.29) is 6.10 Å². The number of hydrogen-bond acceptors (Lipinski definition) is 9. The molecule has 0 radical (unpaired) electrons. The van der Waals surface area contributed by atoms with Gasteiger partial charge in [0.15, 0.2) is 0 Å². The Labute approximate surface area is 224 Å². The van der Waals surface area contributed by atoms with Crippen molar-refractivity contribution in [2.75, 3.05) is 64.1 Å². The first-order valence-electron chi connectivity index (χ1n) is 14.1. The Kier molecular flexibility index (Phi) is 8.23. The van der Waals surface area contributed by atoms with Crippen LogP contribution in [0.15, 0.2) is 36.9 Å². The van der Waals surface area contributed by atoms with E-state index in [9.17, 15) is 0 Å². The molecular weight excluding hydrogens is 480 g/mol. The van der Waals surface area contributed by atoms with Crippen molar-refractivity contribution in [2.45, 2.75) is 44.6 Å². The van der Waals surface area contributed by atoms with Crippen LogP contribution in [0.2, 0.25) is 0 Å². The number of anilines is 1. The maximum Gasteiger partial charge on any atom is 0.149 e. The average Bonchev–Trinajstić information content (AvgIpc) is 2.99. The van der Waals surface area contributed by atoms with Gasteiger partial charge in [-0.3, -0.25) is 9.88 Å². The predicted octanol–water partition coefficient (Wildman–Crippen LogP) is 3.31. The smallest absolute Gasteiger partial charge is 0.149 e. The first kappa shape index (κ1) is 25.4. The number of nitrogens with zero attached hydrogens (tertiary/aromatic N) is 6. The summed E-state index contributed by atoms with van der Waals surface area (Å²) in [7, 11) is 0. The summed E-state index contributed by atoms with van der Waals surface area (Å²) < 4.78 is 17.6. The van der Waals surface area contributed by atoms with Crippen LogP contribution in [-0.2, 0) is 22.3 Å². The lowest BCUT2D eigenvalue weighted by atomic mass is 9.85. The molecule has 38 heavy (non-hydrogen) atoms. The van der Waals surface area contributed by atoms with Crippen LogP contribution in [0.5, 0.6) is 5.75 Å². The summed E-state index contributed by atoms with van der Waals surface area (Å²) in [5.74, 6) is 2.41. The number of morpholine rings is 2. The molecule has 1 aromatic carbocycles. The monoisotopic (exact) mass is 518 g/mol. The first-order valence-corrected chi connectivity index (χ1v) is 14.1. The van der Waals surface area contributed by atoms with Gasteiger partial charge in [-0.2, -0.15) is 0 Å². The topological polar surface area (TPSA) is 85.7 Å². The average molecular weight is 519 g/mol. The van der Waals surface area contributed by atoms with Gasteiger partial charge in [-0.05, 0) is 49.7 Å². The van der Waals surface area contributed by atoms with Crippen LogP contribution in [-0.4, -0.2) is 90.1 Å². The van der Waals surface area contributed by atoms with Gasteiger partial charge in [0.2, 0.25) is 0 Å². The molecule has 3 fully saturated rings. The SMILES string of the molecule is c1cnc2c(OC3CCC(Cc4ncc(CCN5CCOCC5)cn4)CC3)cc(N3CCOCC3)cc2n1. The molecule has 0 unspecified atom stereocenters. The van der Waals surface area contributed by atoms with Crippen LogP contribution in [0, 0.1) is 5.92 Å². The molecule has 3 aromatic rings. The molecule has 1 saturated carbocycles. The van der Waals surface area contributed by atoms with Gasteiger partial charge in [0, 0.05) is 75.7 Å². The summed E-state index contributed by atoms with van der Waals surface area (Å²) >= 11 is 0. The maximum absolute atomic E-state index is 6.59. The van der Waals surface area contributed by atoms with Gasteiger partial charge in [0.25, 0.3) is 0 Å². The third-order valence-corrected chi connectivity index (χ3v) is 8.04. The van der Waals surface area contributed by atoms with E-state index in [0.29, 0.717) is 5.92 Å². The lowest BCUT2D eigenvalue weighted by molar-refractivity contribution is 0.0384. The molecule has 6 rings (SSSR count). The summed E-state index contributed by atoms with van der Waals surface area (Å²) in [4.78, 5) is 23.4. The van der Waals surface area contributed by atoms with Crippen molar-refractivity contribution in [3.8, 4) is 5.75 Å². The molecule has 1 aliphatic carbocycles. The molecule has 4 heterocycles. The van der Waals surface area contributed by atoms with Gasteiger partial charge in [-0.25, -0.2) is 15.0 Å². The van der Waals surface area contributed by atoms with Crippen LogP contribution in [0.3, 0.4) is 0 Å². The molecule has 0 atom stereocenters. The minimum atomic E-state index is 0.194. The summed E-state index contributed by atoms with van der Waals surface area (Å²) in [6.45, 7) is 8.04. The van der Waals surface area contributed by atoms with Crippen molar-refractivity contribution in [3.63, 3.8) is 0 Å². The molecule has 2 saturated heterocycles. The number of ether oxygens (including phenoxy) is 3. The molecule has 202 valence electrons. The molecule has 9 nitrogen and oxygen atoms in total. The van der Waals surface area contributed by atoms with Crippen molar-refractivity contribution in [2.24, 2.45) is 5.92 Å². The third-order valence-electron chi connectivity index (χ3n) is 8.04. The lowest BCUT2D eigenvalue weighted by Gasteiger charge is -2.31. The zero-order valence-corrected chi connectivity index (χ0v) is 22.1.